The van der Waals surface area contributed by atoms with Gasteiger partial charge < -0.3 is 19.4 Å². The first-order valence-electron chi connectivity index (χ1n) is 10.2. The summed E-state index contributed by atoms with van der Waals surface area (Å²) in [5, 5.41) is 0.445. The number of rotatable bonds is 4. The van der Waals surface area contributed by atoms with Crippen LogP contribution in [0.5, 0.6) is 5.75 Å². The van der Waals surface area contributed by atoms with Crippen molar-refractivity contribution in [1.29, 1.82) is 0 Å². The first-order chi connectivity index (χ1) is 14.1. The van der Waals surface area contributed by atoms with Gasteiger partial charge in [-0.25, -0.2) is 4.79 Å². The average molecular weight is 401 g/mol. The summed E-state index contributed by atoms with van der Waals surface area (Å²) in [7, 11) is 1.54. The van der Waals surface area contributed by atoms with Crippen molar-refractivity contribution in [2.75, 3.05) is 33.4 Å². The number of carbonyl (C=O) groups excluding carboxylic acids is 1. The lowest BCUT2D eigenvalue weighted by molar-refractivity contribution is -0.141. The predicted molar refractivity (Wildman–Crippen MR) is 108 cm³/mol. The second-order valence-corrected chi connectivity index (χ2v) is 7.91. The van der Waals surface area contributed by atoms with Crippen LogP contribution >= 0.6 is 0 Å². The van der Waals surface area contributed by atoms with Crippen LogP contribution in [0.15, 0.2) is 27.8 Å². The normalized spacial score (nSPS) is 22.6. The average Bonchev–Trinajstić information content (AvgIpc) is 2.77. The fraction of sp³-hybridized carbons (Fsp3) is 0.571. The van der Waals surface area contributed by atoms with Gasteiger partial charge in [0, 0.05) is 25.6 Å². The topological polar surface area (TPSA) is 93.6 Å². The van der Waals surface area contributed by atoms with Crippen molar-refractivity contribution < 1.29 is 14.3 Å². The van der Waals surface area contributed by atoms with E-state index in [0.29, 0.717) is 49.5 Å². The van der Waals surface area contributed by atoms with Crippen molar-refractivity contribution in [3.8, 4) is 5.75 Å². The van der Waals surface area contributed by atoms with Gasteiger partial charge in [0.1, 0.15) is 5.75 Å². The molecule has 0 spiro atoms. The molecule has 156 valence electrons. The molecule has 2 heterocycles. The highest BCUT2D eigenvalue weighted by atomic mass is 16.5. The smallest absolute Gasteiger partial charge is 0.328 e. The molecule has 0 radical (unpaired) electrons. The molecule has 2 fully saturated rings. The fourth-order valence-electron chi connectivity index (χ4n) is 4.41. The zero-order valence-corrected chi connectivity index (χ0v) is 16.7. The summed E-state index contributed by atoms with van der Waals surface area (Å²) in [5.74, 6) is 1.06. The van der Waals surface area contributed by atoms with E-state index in [2.05, 4.69) is 4.98 Å². The molecule has 0 bridgehead atoms. The maximum Gasteiger partial charge on any atom is 0.328 e. The first kappa shape index (κ1) is 19.7. The van der Waals surface area contributed by atoms with Crippen molar-refractivity contribution in [1.82, 2.24) is 14.5 Å². The van der Waals surface area contributed by atoms with Crippen LogP contribution in [0, 0.1) is 11.8 Å². The Morgan fingerprint density at radius 1 is 1.17 bits per heavy atom. The maximum atomic E-state index is 12.9. The molecule has 1 aromatic heterocycles. The summed E-state index contributed by atoms with van der Waals surface area (Å²) >= 11 is 0. The van der Waals surface area contributed by atoms with E-state index in [0.717, 1.165) is 25.7 Å². The third-order valence-corrected chi connectivity index (χ3v) is 6.15. The summed E-state index contributed by atoms with van der Waals surface area (Å²) in [5.41, 5.74) is -0.176. The Morgan fingerprint density at radius 3 is 2.59 bits per heavy atom. The minimum atomic E-state index is -0.390. The molecule has 1 N–H and O–H groups in total. The van der Waals surface area contributed by atoms with E-state index in [1.54, 1.807) is 25.3 Å². The van der Waals surface area contributed by atoms with Crippen molar-refractivity contribution in [3.05, 3.63) is 39.0 Å². The molecule has 4 rings (SSSR count). The van der Waals surface area contributed by atoms with E-state index >= 15 is 0 Å². The lowest BCUT2D eigenvalue weighted by Gasteiger charge is -2.34. The number of aromatic amines is 1. The number of H-pyrrole nitrogens is 1. The molecule has 8 nitrogen and oxygen atoms in total. The van der Waals surface area contributed by atoms with Gasteiger partial charge in [-0.05, 0) is 49.8 Å². The molecular weight excluding hydrogens is 374 g/mol. The Hall–Kier alpha value is -2.61. The number of nitrogens with one attached hydrogen (secondary N) is 1. The Bertz CT molecular complexity index is 998. The molecule has 8 heteroatoms. The first-order valence-corrected chi connectivity index (χ1v) is 10.2. The molecule has 1 aliphatic carbocycles. The van der Waals surface area contributed by atoms with Gasteiger partial charge >= 0.3 is 5.69 Å². The minimum absolute atomic E-state index is 0.0419. The van der Waals surface area contributed by atoms with Crippen LogP contribution in [-0.4, -0.2) is 53.8 Å². The Kier molecular flexibility index (Phi) is 5.71. The molecule has 29 heavy (non-hydrogen) atoms. The molecule has 0 unspecified atom stereocenters. The monoisotopic (exact) mass is 401 g/mol. The van der Waals surface area contributed by atoms with Gasteiger partial charge in [-0.15, -0.1) is 0 Å². The zero-order chi connectivity index (χ0) is 20.4. The number of hydrogen-bond acceptors (Lipinski definition) is 5. The van der Waals surface area contributed by atoms with Crippen molar-refractivity contribution in [3.63, 3.8) is 0 Å². The summed E-state index contributed by atoms with van der Waals surface area (Å²) in [4.78, 5) is 42.7. The van der Waals surface area contributed by atoms with Gasteiger partial charge in [0.15, 0.2) is 0 Å². The molecule has 2 aromatic rings. The molecular formula is C21H27N3O5. The number of benzene rings is 1. The summed E-state index contributed by atoms with van der Waals surface area (Å²) in [6.45, 7) is 2.94. The van der Waals surface area contributed by atoms with E-state index in [-0.39, 0.29) is 29.0 Å². The lowest BCUT2D eigenvalue weighted by atomic mass is 9.81. The van der Waals surface area contributed by atoms with Gasteiger partial charge in [-0.3, -0.25) is 14.2 Å². The van der Waals surface area contributed by atoms with Gasteiger partial charge in [0.2, 0.25) is 5.91 Å². The van der Waals surface area contributed by atoms with E-state index in [1.165, 1.54) is 4.57 Å². The van der Waals surface area contributed by atoms with Crippen LogP contribution < -0.4 is 16.0 Å². The van der Waals surface area contributed by atoms with Crippen LogP contribution in [0.3, 0.4) is 0 Å². The van der Waals surface area contributed by atoms with Gasteiger partial charge in [0.05, 0.1) is 31.2 Å². The molecule has 2 aliphatic rings. The third kappa shape index (κ3) is 4.07. The maximum absolute atomic E-state index is 12.9. The Morgan fingerprint density at radius 2 is 1.90 bits per heavy atom. The van der Waals surface area contributed by atoms with Crippen molar-refractivity contribution >= 4 is 16.8 Å². The van der Waals surface area contributed by atoms with Gasteiger partial charge in [-0.2, -0.15) is 0 Å². The summed E-state index contributed by atoms with van der Waals surface area (Å²) in [6.07, 6.45) is 3.27. The largest absolute Gasteiger partial charge is 0.497 e. The SMILES string of the molecule is COc1ccc2[nH]c(=O)n(C[C@H]3CC[C@H](C(=O)N4CCOCC4)CC3)c(=O)c2c1. The van der Waals surface area contributed by atoms with Crippen molar-refractivity contribution in [2.45, 2.75) is 32.2 Å². The molecule has 0 atom stereocenters. The molecule has 1 saturated heterocycles. The Balaban J connectivity index is 1.45. The van der Waals surface area contributed by atoms with Crippen molar-refractivity contribution in [2.24, 2.45) is 11.8 Å². The Labute approximate surface area is 168 Å². The van der Waals surface area contributed by atoms with Gasteiger partial charge in [0.25, 0.3) is 5.56 Å². The summed E-state index contributed by atoms with van der Waals surface area (Å²) in [6, 6.07) is 5.06. The molecule has 1 amide bonds. The number of nitrogens with zero attached hydrogens (tertiary/aromatic N) is 2. The van der Waals surface area contributed by atoms with E-state index < -0.39 is 0 Å². The number of aromatic nitrogens is 2. The molecule has 1 aliphatic heterocycles. The second kappa shape index (κ2) is 8.41. The fourth-order valence-corrected chi connectivity index (χ4v) is 4.41. The number of morpholine rings is 1. The van der Waals surface area contributed by atoms with Crippen LogP contribution in [0.1, 0.15) is 25.7 Å². The summed E-state index contributed by atoms with van der Waals surface area (Å²) < 4.78 is 11.8. The number of carbonyl (C=O) groups is 1. The number of ether oxygens (including phenoxy) is 2. The highest BCUT2D eigenvalue weighted by molar-refractivity contribution is 5.79. The standard InChI is InChI=1S/C21H27N3O5/c1-28-16-6-7-18-17(12-16)20(26)24(21(27)22-18)13-14-2-4-15(5-3-14)19(25)23-8-10-29-11-9-23/h6-7,12,14-15H,2-5,8-11,13H2,1H3,(H,22,27)/t14-,15-. The number of amides is 1. The highest BCUT2D eigenvalue weighted by Gasteiger charge is 2.30. The van der Waals surface area contributed by atoms with Crippen LogP contribution in [0.25, 0.3) is 10.9 Å². The van der Waals surface area contributed by atoms with Gasteiger partial charge in [-0.1, -0.05) is 0 Å². The van der Waals surface area contributed by atoms with Crippen LogP contribution in [-0.2, 0) is 16.1 Å². The molecule has 1 aromatic carbocycles. The minimum Gasteiger partial charge on any atom is -0.497 e. The highest BCUT2D eigenvalue weighted by Crippen LogP contribution is 2.31. The van der Waals surface area contributed by atoms with E-state index in [4.69, 9.17) is 9.47 Å². The van der Waals surface area contributed by atoms with E-state index in [1.807, 2.05) is 4.90 Å². The quantitative estimate of drug-likeness (QED) is 0.835. The van der Waals surface area contributed by atoms with Crippen LogP contribution in [0.4, 0.5) is 0 Å². The lowest BCUT2D eigenvalue weighted by Crippen LogP contribution is -2.45. The van der Waals surface area contributed by atoms with E-state index in [9.17, 15) is 14.4 Å². The second-order valence-electron chi connectivity index (χ2n) is 7.91. The number of fused-ring (bicyclic) bond motifs is 1. The molecule has 1 saturated carbocycles. The zero-order valence-electron chi connectivity index (χ0n) is 16.7. The predicted octanol–water partition coefficient (Wildman–Crippen LogP) is 1.36. The van der Waals surface area contributed by atoms with Crippen LogP contribution in [0.2, 0.25) is 0 Å². The third-order valence-electron chi connectivity index (χ3n) is 6.15. The number of hydrogen-bond donors (Lipinski definition) is 1. The number of methoxy groups -OCH3 is 1.